The number of aromatic amines is 1. The van der Waals surface area contributed by atoms with E-state index in [-0.39, 0.29) is 25.1 Å². The quantitative estimate of drug-likeness (QED) is 0.0917. The van der Waals surface area contributed by atoms with Crippen molar-refractivity contribution in [1.82, 2.24) is 24.7 Å². The predicted molar refractivity (Wildman–Crippen MR) is 172 cm³/mol. The van der Waals surface area contributed by atoms with Gasteiger partial charge in [-0.3, -0.25) is 28.7 Å². The molecule has 2 aliphatic rings. The van der Waals surface area contributed by atoms with Crippen LogP contribution in [0.2, 0.25) is 0 Å². The lowest BCUT2D eigenvalue weighted by Gasteiger charge is -2.26. The molecule has 0 bridgehead atoms. The first-order valence-electron chi connectivity index (χ1n) is 15.0. The van der Waals surface area contributed by atoms with Crippen LogP contribution in [-0.2, 0) is 30.2 Å². The van der Waals surface area contributed by atoms with Crippen LogP contribution in [0.1, 0.15) is 58.9 Å². The Kier molecular flexibility index (Phi) is 12.3. The second-order valence-corrected chi connectivity index (χ2v) is 13.5. The van der Waals surface area contributed by atoms with Gasteiger partial charge in [-0.2, -0.15) is 0 Å². The molecule has 0 aliphatic carbocycles. The highest BCUT2D eigenvalue weighted by atomic mass is 31.2. The smallest absolute Gasteiger partial charge is 0.323 e. The van der Waals surface area contributed by atoms with Crippen LogP contribution in [0, 0.1) is 6.92 Å². The molecule has 242 valence electrons. The molecule has 0 aromatic heterocycles. The highest BCUT2D eigenvalue weighted by Gasteiger charge is 2.31. The Hall–Kier alpha value is -3.54. The van der Waals surface area contributed by atoms with E-state index in [1.807, 2.05) is 42.6 Å². The van der Waals surface area contributed by atoms with Crippen LogP contribution in [0.25, 0.3) is 22.4 Å². The fraction of sp³-hybridized carbons (Fsp3) is 0.567. The van der Waals surface area contributed by atoms with E-state index in [1.54, 1.807) is 27.7 Å². The van der Waals surface area contributed by atoms with Crippen molar-refractivity contribution in [3.63, 3.8) is 0 Å². The first-order chi connectivity index (χ1) is 20.8. The summed E-state index contributed by atoms with van der Waals surface area (Å²) in [4.78, 5) is 58.2. The zero-order valence-electron chi connectivity index (χ0n) is 26.7. The van der Waals surface area contributed by atoms with E-state index in [4.69, 9.17) is 9.47 Å². The average Bonchev–Trinajstić information content (AvgIpc) is 2.94. The van der Waals surface area contributed by atoms with Crippen molar-refractivity contribution in [1.29, 1.82) is 0 Å². The van der Waals surface area contributed by atoms with Gasteiger partial charge in [0.05, 0.1) is 29.9 Å². The van der Waals surface area contributed by atoms with E-state index in [1.165, 1.54) is 6.07 Å². The van der Waals surface area contributed by atoms with Gasteiger partial charge in [-0.25, -0.2) is 15.2 Å². The van der Waals surface area contributed by atoms with Gasteiger partial charge in [0.2, 0.25) is 7.44 Å². The molecular formula is C30H45N6O7P. The molecule has 3 N–H and O–H groups in total. The molecule has 0 unspecified atom stereocenters. The largest absolute Gasteiger partial charge is 0.465 e. The summed E-state index contributed by atoms with van der Waals surface area (Å²) in [5, 5.41) is 5.75. The van der Waals surface area contributed by atoms with Crippen molar-refractivity contribution in [2.45, 2.75) is 78.9 Å². The van der Waals surface area contributed by atoms with Gasteiger partial charge in [-0.05, 0) is 65.2 Å². The van der Waals surface area contributed by atoms with Gasteiger partial charge in [0.1, 0.15) is 12.1 Å². The number of ether oxygens (including phenoxy) is 2. The maximum absolute atomic E-state index is 13.9. The number of benzene rings is 1. The standard InChI is InChI=1S/C30H45N6O7P/c1-8-42-29(39)20(4)33-44(41,34-21(5)30(40)43-9-2)15-13-11-10-12-14-36-24-17-23(35(6)7)19(3)16-22(24)31-27-25(36)18-26(37)32-28(27)38/h16-18,20-21H,8-15H2,1-7H3,(H,32,37,38)(H2,33,34,41)/t20-,21-/m0/s1. The minimum absolute atomic E-state index is 0.197. The second-order valence-electron chi connectivity index (χ2n) is 11.1. The first kappa shape index (κ1) is 34.9. The fourth-order valence-corrected chi connectivity index (χ4v) is 7.63. The van der Waals surface area contributed by atoms with E-state index in [2.05, 4.69) is 20.1 Å². The summed E-state index contributed by atoms with van der Waals surface area (Å²) < 4.78 is 25.9. The van der Waals surface area contributed by atoms with Gasteiger partial charge in [0.15, 0.2) is 5.69 Å². The maximum atomic E-state index is 13.9. The molecule has 3 rings (SSSR count). The number of nitrogens with zero attached hydrogens (tertiary/aromatic N) is 3. The summed E-state index contributed by atoms with van der Waals surface area (Å²) in [7, 11) is 0.528. The number of esters is 2. The van der Waals surface area contributed by atoms with Gasteiger partial charge in [-0.15, -0.1) is 0 Å². The van der Waals surface area contributed by atoms with Crippen molar-refractivity contribution in [3.05, 3.63) is 44.5 Å². The van der Waals surface area contributed by atoms with Gasteiger partial charge >= 0.3 is 11.9 Å². The number of carbonyl (C=O) groups excluding carboxylic acids is 2. The Bertz CT molecular complexity index is 1570. The third-order valence-corrected chi connectivity index (χ3v) is 9.80. The van der Waals surface area contributed by atoms with Gasteiger partial charge in [-0.1, -0.05) is 12.8 Å². The molecule has 0 amide bonds. The molecule has 0 radical (unpaired) electrons. The molecule has 2 atom stereocenters. The number of nitrogens with one attached hydrogen (secondary N) is 3. The van der Waals surface area contributed by atoms with E-state index >= 15 is 0 Å². The average molecular weight is 633 g/mol. The molecule has 0 saturated carbocycles. The summed E-state index contributed by atoms with van der Waals surface area (Å²) >= 11 is 0. The van der Waals surface area contributed by atoms with Crippen LogP contribution in [0.5, 0.6) is 0 Å². The SMILES string of the molecule is CCOC(=O)[C@H](C)NP(=O)(CCCCCCn1c2cc(=O)[nH]c(=O)c-2nc2cc(C)c(N(C)C)cc21)N[C@@H](C)C(=O)OCC. The molecule has 1 aromatic rings. The number of H-pyrrole nitrogens is 1. The molecule has 2 heterocycles. The summed E-state index contributed by atoms with van der Waals surface area (Å²) in [6.45, 7) is 9.45. The molecular weight excluding hydrogens is 587 g/mol. The molecule has 0 saturated heterocycles. The van der Waals surface area contributed by atoms with Crippen LogP contribution in [-0.4, -0.2) is 72.0 Å². The number of hydrogen-bond donors (Lipinski definition) is 3. The van der Waals surface area contributed by atoms with Crippen molar-refractivity contribution >= 4 is 36.1 Å². The number of aryl methyl sites for hydroxylation is 2. The molecule has 44 heavy (non-hydrogen) atoms. The normalized spacial score (nSPS) is 13.2. The van der Waals surface area contributed by atoms with Crippen LogP contribution in [0.4, 0.5) is 5.69 Å². The number of anilines is 1. The summed E-state index contributed by atoms with van der Waals surface area (Å²) in [6, 6.07) is 3.69. The van der Waals surface area contributed by atoms with E-state index in [9.17, 15) is 23.7 Å². The minimum Gasteiger partial charge on any atom is -0.465 e. The van der Waals surface area contributed by atoms with Crippen molar-refractivity contribution in [2.75, 3.05) is 38.4 Å². The third kappa shape index (κ3) is 8.77. The number of fused-ring (bicyclic) bond motifs is 2. The van der Waals surface area contributed by atoms with Crippen LogP contribution >= 0.6 is 7.44 Å². The fourth-order valence-electron chi connectivity index (χ4n) is 5.17. The van der Waals surface area contributed by atoms with E-state index in [0.29, 0.717) is 37.0 Å². The number of rotatable bonds is 16. The predicted octanol–water partition coefficient (Wildman–Crippen LogP) is 3.40. The van der Waals surface area contributed by atoms with Gasteiger partial charge in [0.25, 0.3) is 11.1 Å². The lowest BCUT2D eigenvalue weighted by molar-refractivity contribution is -0.145. The lowest BCUT2D eigenvalue weighted by Crippen LogP contribution is -2.42. The van der Waals surface area contributed by atoms with Crippen LogP contribution in [0.15, 0.2) is 27.8 Å². The number of pyridine rings is 1. The van der Waals surface area contributed by atoms with Gasteiger partial charge < -0.3 is 18.9 Å². The van der Waals surface area contributed by atoms with Crippen LogP contribution < -0.4 is 26.2 Å². The van der Waals surface area contributed by atoms with Crippen LogP contribution in [0.3, 0.4) is 0 Å². The molecule has 13 nitrogen and oxygen atoms in total. The Balaban J connectivity index is 1.76. The Labute approximate surface area is 257 Å². The number of hydrogen-bond acceptors (Lipinski definition) is 9. The van der Waals surface area contributed by atoms with Gasteiger partial charge in [0, 0.05) is 38.6 Å². The lowest BCUT2D eigenvalue weighted by atomic mass is 10.1. The highest BCUT2D eigenvalue weighted by molar-refractivity contribution is 7.59. The summed E-state index contributed by atoms with van der Waals surface area (Å²) in [5.41, 5.74) is 3.16. The number of aromatic nitrogens is 3. The van der Waals surface area contributed by atoms with E-state index < -0.39 is 42.6 Å². The van der Waals surface area contributed by atoms with Crippen molar-refractivity contribution < 1.29 is 23.6 Å². The second kappa shape index (κ2) is 15.5. The zero-order chi connectivity index (χ0) is 32.6. The first-order valence-corrected chi connectivity index (χ1v) is 16.9. The Morgan fingerprint density at radius 1 is 0.977 bits per heavy atom. The minimum atomic E-state index is -3.38. The molecule has 0 spiro atoms. The topological polar surface area (TPSA) is 165 Å². The molecule has 2 aliphatic heterocycles. The van der Waals surface area contributed by atoms with E-state index in [0.717, 1.165) is 23.2 Å². The monoisotopic (exact) mass is 632 g/mol. The molecule has 0 fully saturated rings. The third-order valence-electron chi connectivity index (χ3n) is 7.24. The Morgan fingerprint density at radius 2 is 1.57 bits per heavy atom. The zero-order valence-corrected chi connectivity index (χ0v) is 27.6. The Morgan fingerprint density at radius 3 is 2.14 bits per heavy atom. The summed E-state index contributed by atoms with van der Waals surface area (Å²) in [6.07, 6.45) is 2.95. The molecule has 14 heteroatoms. The van der Waals surface area contributed by atoms with Crippen molar-refractivity contribution in [3.8, 4) is 11.4 Å². The maximum Gasteiger partial charge on any atom is 0.323 e. The highest BCUT2D eigenvalue weighted by Crippen LogP contribution is 2.39. The van der Waals surface area contributed by atoms with Crippen molar-refractivity contribution in [2.24, 2.45) is 0 Å². The molecule has 1 aromatic carbocycles. The number of unbranched alkanes of at least 4 members (excludes halogenated alkanes) is 3. The number of carbonyl (C=O) groups is 2. The summed E-state index contributed by atoms with van der Waals surface area (Å²) in [5.74, 6) is -1.06.